The van der Waals surface area contributed by atoms with Crippen LogP contribution >= 0.6 is 0 Å². The van der Waals surface area contributed by atoms with Crippen molar-refractivity contribution in [2.75, 3.05) is 26.2 Å². The monoisotopic (exact) mass is 240 g/mol. The summed E-state index contributed by atoms with van der Waals surface area (Å²) >= 11 is 0. The molecular weight excluding hydrogens is 208 g/mol. The molecule has 0 radical (unpaired) electrons. The number of nitrogens with zero attached hydrogens (tertiary/aromatic N) is 1. The third-order valence-corrected chi connectivity index (χ3v) is 4.50. The lowest BCUT2D eigenvalue weighted by Crippen LogP contribution is -2.49. The van der Waals surface area contributed by atoms with Gasteiger partial charge in [0.25, 0.3) is 0 Å². The molecule has 0 aromatic rings. The van der Waals surface area contributed by atoms with E-state index >= 15 is 0 Å². The van der Waals surface area contributed by atoms with E-state index < -0.39 is 0 Å². The molecule has 0 aromatic carbocycles. The fourth-order valence-corrected chi connectivity index (χ4v) is 3.26. The van der Waals surface area contributed by atoms with Crippen molar-refractivity contribution < 1.29 is 0 Å². The van der Waals surface area contributed by atoms with Crippen molar-refractivity contribution in [2.24, 2.45) is 5.41 Å². The number of piperidine rings is 1. The maximum absolute atomic E-state index is 3.62. The molecule has 0 saturated carbocycles. The first kappa shape index (κ1) is 15.0. The molecule has 1 aliphatic heterocycles. The van der Waals surface area contributed by atoms with Crippen molar-refractivity contribution in [1.29, 1.82) is 0 Å². The Hall–Kier alpha value is -0.0800. The van der Waals surface area contributed by atoms with Gasteiger partial charge in [0.05, 0.1) is 0 Å². The Morgan fingerprint density at radius 1 is 1.29 bits per heavy atom. The van der Waals surface area contributed by atoms with E-state index in [9.17, 15) is 0 Å². The zero-order valence-electron chi connectivity index (χ0n) is 12.4. The molecular formula is C15H32N2. The SMILES string of the molecule is CCCC1(CN(CC)C(C)CC)CCCNC1. The van der Waals surface area contributed by atoms with Gasteiger partial charge < -0.3 is 10.2 Å². The highest BCUT2D eigenvalue weighted by Gasteiger charge is 2.33. The summed E-state index contributed by atoms with van der Waals surface area (Å²) in [5.74, 6) is 0. The summed E-state index contributed by atoms with van der Waals surface area (Å²) in [4.78, 5) is 2.68. The van der Waals surface area contributed by atoms with Crippen molar-refractivity contribution in [1.82, 2.24) is 10.2 Å². The molecule has 2 heteroatoms. The third kappa shape index (κ3) is 4.26. The Labute approximate surface area is 108 Å². The number of hydrogen-bond acceptors (Lipinski definition) is 2. The molecule has 2 unspecified atom stereocenters. The van der Waals surface area contributed by atoms with Gasteiger partial charge in [-0.25, -0.2) is 0 Å². The van der Waals surface area contributed by atoms with E-state index in [1.165, 1.54) is 58.3 Å². The normalized spacial score (nSPS) is 27.4. The van der Waals surface area contributed by atoms with Crippen molar-refractivity contribution in [3.8, 4) is 0 Å². The highest BCUT2D eigenvalue weighted by Crippen LogP contribution is 2.33. The van der Waals surface area contributed by atoms with Gasteiger partial charge in [-0.3, -0.25) is 0 Å². The molecule has 0 aromatic heterocycles. The Kier molecular flexibility index (Phi) is 6.50. The predicted octanol–water partition coefficient (Wildman–Crippen LogP) is 3.28. The molecule has 1 N–H and O–H groups in total. The molecule has 1 heterocycles. The Morgan fingerprint density at radius 3 is 2.53 bits per heavy atom. The molecule has 0 aliphatic carbocycles. The van der Waals surface area contributed by atoms with E-state index in [0.717, 1.165) is 6.04 Å². The fraction of sp³-hybridized carbons (Fsp3) is 1.00. The number of rotatable bonds is 7. The summed E-state index contributed by atoms with van der Waals surface area (Å²) in [6, 6.07) is 0.732. The van der Waals surface area contributed by atoms with Crippen LogP contribution in [0, 0.1) is 5.41 Å². The summed E-state index contributed by atoms with van der Waals surface area (Å²) < 4.78 is 0. The summed E-state index contributed by atoms with van der Waals surface area (Å²) in [5, 5.41) is 3.62. The highest BCUT2D eigenvalue weighted by molar-refractivity contribution is 4.88. The van der Waals surface area contributed by atoms with Crippen LogP contribution in [-0.4, -0.2) is 37.1 Å². The molecule has 0 spiro atoms. The van der Waals surface area contributed by atoms with Gasteiger partial charge >= 0.3 is 0 Å². The van der Waals surface area contributed by atoms with Gasteiger partial charge in [0, 0.05) is 19.1 Å². The Bertz CT molecular complexity index is 192. The van der Waals surface area contributed by atoms with Gasteiger partial charge in [0.2, 0.25) is 0 Å². The summed E-state index contributed by atoms with van der Waals surface area (Å²) in [6.07, 6.45) is 6.75. The first-order valence-electron chi connectivity index (χ1n) is 7.62. The number of nitrogens with one attached hydrogen (secondary N) is 1. The second-order valence-electron chi connectivity index (χ2n) is 5.85. The average Bonchev–Trinajstić information content (AvgIpc) is 2.36. The quantitative estimate of drug-likeness (QED) is 0.735. The molecule has 17 heavy (non-hydrogen) atoms. The maximum Gasteiger partial charge on any atom is 0.00644 e. The van der Waals surface area contributed by atoms with E-state index in [4.69, 9.17) is 0 Å². The second-order valence-corrected chi connectivity index (χ2v) is 5.85. The van der Waals surface area contributed by atoms with E-state index in [1.807, 2.05) is 0 Å². The minimum Gasteiger partial charge on any atom is -0.316 e. The molecule has 1 aliphatic rings. The molecule has 2 nitrogen and oxygen atoms in total. The zero-order chi connectivity index (χ0) is 12.7. The first-order valence-corrected chi connectivity index (χ1v) is 7.62. The summed E-state index contributed by atoms with van der Waals surface area (Å²) in [5.41, 5.74) is 0.548. The highest BCUT2D eigenvalue weighted by atomic mass is 15.2. The largest absolute Gasteiger partial charge is 0.316 e. The van der Waals surface area contributed by atoms with Gasteiger partial charge in [-0.15, -0.1) is 0 Å². The standard InChI is InChI=1S/C15H32N2/c1-5-9-15(10-8-11-16-12-15)13-17(7-3)14(4)6-2/h14,16H,5-13H2,1-4H3. The molecule has 1 saturated heterocycles. The predicted molar refractivity (Wildman–Crippen MR) is 76.4 cm³/mol. The maximum atomic E-state index is 3.62. The van der Waals surface area contributed by atoms with Crippen LogP contribution in [0.1, 0.15) is 59.8 Å². The van der Waals surface area contributed by atoms with Crippen LogP contribution in [-0.2, 0) is 0 Å². The molecule has 0 bridgehead atoms. The summed E-state index contributed by atoms with van der Waals surface area (Å²) in [7, 11) is 0. The van der Waals surface area contributed by atoms with Gasteiger partial charge in [0.15, 0.2) is 0 Å². The van der Waals surface area contributed by atoms with Gasteiger partial charge in [0.1, 0.15) is 0 Å². The lowest BCUT2D eigenvalue weighted by atomic mass is 9.76. The minimum atomic E-state index is 0.548. The molecule has 102 valence electrons. The second kappa shape index (κ2) is 7.38. The van der Waals surface area contributed by atoms with Crippen LogP contribution in [0.4, 0.5) is 0 Å². The number of hydrogen-bond donors (Lipinski definition) is 1. The van der Waals surface area contributed by atoms with Crippen molar-refractivity contribution >= 4 is 0 Å². The molecule has 1 rings (SSSR count). The van der Waals surface area contributed by atoms with Crippen molar-refractivity contribution in [3.05, 3.63) is 0 Å². The average molecular weight is 240 g/mol. The topological polar surface area (TPSA) is 15.3 Å². The molecule has 2 atom stereocenters. The fourth-order valence-electron chi connectivity index (χ4n) is 3.26. The van der Waals surface area contributed by atoms with Gasteiger partial charge in [-0.05, 0) is 51.1 Å². The Morgan fingerprint density at radius 2 is 2.06 bits per heavy atom. The smallest absolute Gasteiger partial charge is 0.00644 e. The minimum absolute atomic E-state index is 0.548. The van der Waals surface area contributed by atoms with Crippen molar-refractivity contribution in [2.45, 2.75) is 65.8 Å². The van der Waals surface area contributed by atoms with Crippen LogP contribution < -0.4 is 5.32 Å². The van der Waals surface area contributed by atoms with Crippen molar-refractivity contribution in [3.63, 3.8) is 0 Å². The summed E-state index contributed by atoms with van der Waals surface area (Å²) in [6.45, 7) is 14.3. The zero-order valence-corrected chi connectivity index (χ0v) is 12.4. The van der Waals surface area contributed by atoms with Crippen LogP contribution in [0.25, 0.3) is 0 Å². The van der Waals surface area contributed by atoms with Crippen LogP contribution in [0.15, 0.2) is 0 Å². The van der Waals surface area contributed by atoms with E-state index in [-0.39, 0.29) is 0 Å². The van der Waals surface area contributed by atoms with Crippen LogP contribution in [0.5, 0.6) is 0 Å². The third-order valence-electron chi connectivity index (χ3n) is 4.50. The van der Waals surface area contributed by atoms with Crippen LogP contribution in [0.2, 0.25) is 0 Å². The lowest BCUT2D eigenvalue weighted by molar-refractivity contribution is 0.0844. The van der Waals surface area contributed by atoms with Crippen LogP contribution in [0.3, 0.4) is 0 Å². The van der Waals surface area contributed by atoms with Gasteiger partial charge in [-0.2, -0.15) is 0 Å². The van der Waals surface area contributed by atoms with E-state index in [1.54, 1.807) is 0 Å². The van der Waals surface area contributed by atoms with E-state index in [0.29, 0.717) is 5.41 Å². The van der Waals surface area contributed by atoms with E-state index in [2.05, 4.69) is 37.9 Å². The first-order chi connectivity index (χ1) is 8.17. The Balaban J connectivity index is 2.63. The van der Waals surface area contributed by atoms with Gasteiger partial charge in [-0.1, -0.05) is 27.2 Å². The lowest BCUT2D eigenvalue weighted by Gasteiger charge is -2.43. The molecule has 1 fully saturated rings. The molecule has 0 amide bonds.